The molecule has 0 aliphatic carbocycles. The van der Waals surface area contributed by atoms with E-state index in [9.17, 15) is 4.79 Å². The fourth-order valence-corrected chi connectivity index (χ4v) is 1.90. The summed E-state index contributed by atoms with van der Waals surface area (Å²) in [5, 5.41) is 8.86. The molecular formula is C10H15NO2. The number of aliphatic carboxylic acids is 1. The molecule has 3 heteroatoms. The van der Waals surface area contributed by atoms with Crippen LogP contribution in [0.25, 0.3) is 0 Å². The van der Waals surface area contributed by atoms with Crippen molar-refractivity contribution in [2.45, 2.75) is 13.3 Å². The molecule has 2 atom stereocenters. The third-order valence-electron chi connectivity index (χ3n) is 2.40. The summed E-state index contributed by atoms with van der Waals surface area (Å²) in [6, 6.07) is 0. The van der Waals surface area contributed by atoms with Gasteiger partial charge in [-0.05, 0) is 12.3 Å². The Balaban J connectivity index is 2.53. The zero-order valence-electron chi connectivity index (χ0n) is 7.86. The van der Waals surface area contributed by atoms with E-state index >= 15 is 0 Å². The van der Waals surface area contributed by atoms with Crippen LogP contribution in [0, 0.1) is 24.2 Å². The molecular weight excluding hydrogens is 166 g/mol. The van der Waals surface area contributed by atoms with Gasteiger partial charge >= 0.3 is 5.97 Å². The minimum atomic E-state index is -0.700. The average Bonchev–Trinajstić information content (AvgIpc) is 2.03. The van der Waals surface area contributed by atoms with Gasteiger partial charge in [0.25, 0.3) is 0 Å². The quantitative estimate of drug-likeness (QED) is 0.636. The van der Waals surface area contributed by atoms with Gasteiger partial charge in [-0.25, -0.2) is 0 Å². The van der Waals surface area contributed by atoms with E-state index in [4.69, 9.17) is 11.5 Å². The monoisotopic (exact) mass is 181 g/mol. The Morgan fingerprint density at radius 1 is 1.69 bits per heavy atom. The summed E-state index contributed by atoms with van der Waals surface area (Å²) in [5.41, 5.74) is 0. The Kier molecular flexibility index (Phi) is 3.32. The van der Waals surface area contributed by atoms with Crippen molar-refractivity contribution in [2.24, 2.45) is 11.8 Å². The van der Waals surface area contributed by atoms with Gasteiger partial charge in [0, 0.05) is 13.1 Å². The molecule has 0 radical (unpaired) electrons. The molecule has 1 fully saturated rings. The molecule has 3 nitrogen and oxygen atoms in total. The number of piperidine rings is 1. The van der Waals surface area contributed by atoms with Crippen molar-refractivity contribution in [3.05, 3.63) is 0 Å². The predicted molar refractivity (Wildman–Crippen MR) is 50.2 cm³/mol. The highest BCUT2D eigenvalue weighted by molar-refractivity contribution is 5.70. The van der Waals surface area contributed by atoms with E-state index in [1.165, 1.54) is 0 Å². The molecule has 0 aromatic heterocycles. The maximum atomic E-state index is 10.8. The van der Waals surface area contributed by atoms with Gasteiger partial charge in [-0.15, -0.1) is 6.42 Å². The second kappa shape index (κ2) is 4.29. The van der Waals surface area contributed by atoms with Crippen LogP contribution in [-0.2, 0) is 4.79 Å². The number of nitrogens with zero attached hydrogens (tertiary/aromatic N) is 1. The van der Waals surface area contributed by atoms with Gasteiger partial charge in [-0.3, -0.25) is 9.69 Å². The summed E-state index contributed by atoms with van der Waals surface area (Å²) in [6.07, 6.45) is 5.96. The standard InChI is InChI=1S/C10H15NO2/c1-3-4-11-6-8(2)5-9(7-11)10(12)13/h1,8-9H,4-7H2,2H3,(H,12,13). The van der Waals surface area contributed by atoms with Crippen LogP contribution in [0.3, 0.4) is 0 Å². The minimum Gasteiger partial charge on any atom is -0.481 e. The SMILES string of the molecule is C#CCN1CC(C)CC(C(=O)O)C1. The summed E-state index contributed by atoms with van der Waals surface area (Å²) >= 11 is 0. The number of hydrogen-bond acceptors (Lipinski definition) is 2. The molecule has 1 aliphatic heterocycles. The second-order valence-corrected chi connectivity index (χ2v) is 3.77. The molecule has 1 heterocycles. The van der Waals surface area contributed by atoms with E-state index < -0.39 is 5.97 Å². The first-order chi connectivity index (χ1) is 6.13. The lowest BCUT2D eigenvalue weighted by atomic mass is 9.90. The molecule has 2 unspecified atom stereocenters. The van der Waals surface area contributed by atoms with Crippen molar-refractivity contribution in [2.75, 3.05) is 19.6 Å². The van der Waals surface area contributed by atoms with Crippen molar-refractivity contribution in [1.29, 1.82) is 0 Å². The highest BCUT2D eigenvalue weighted by atomic mass is 16.4. The number of rotatable bonds is 2. The van der Waals surface area contributed by atoms with Gasteiger partial charge in [-0.1, -0.05) is 12.8 Å². The van der Waals surface area contributed by atoms with Crippen molar-refractivity contribution in [3.63, 3.8) is 0 Å². The lowest BCUT2D eigenvalue weighted by Crippen LogP contribution is -2.42. The Morgan fingerprint density at radius 2 is 2.38 bits per heavy atom. The van der Waals surface area contributed by atoms with Crippen LogP contribution in [0.15, 0.2) is 0 Å². The van der Waals surface area contributed by atoms with E-state index in [1.807, 2.05) is 4.90 Å². The Hall–Kier alpha value is -1.01. The third-order valence-corrected chi connectivity index (χ3v) is 2.40. The van der Waals surface area contributed by atoms with Crippen molar-refractivity contribution < 1.29 is 9.90 Å². The van der Waals surface area contributed by atoms with Crippen LogP contribution >= 0.6 is 0 Å². The Labute approximate surface area is 78.7 Å². The molecule has 0 amide bonds. The molecule has 0 saturated carbocycles. The first kappa shape index (κ1) is 10.1. The van der Waals surface area contributed by atoms with Gasteiger partial charge in [0.05, 0.1) is 12.5 Å². The van der Waals surface area contributed by atoms with Crippen molar-refractivity contribution in [1.82, 2.24) is 4.90 Å². The number of carboxylic acid groups (broad SMARTS) is 1. The largest absolute Gasteiger partial charge is 0.481 e. The lowest BCUT2D eigenvalue weighted by molar-refractivity contribution is -0.144. The predicted octanol–water partition coefficient (Wildman–Crippen LogP) is 0.662. The number of terminal acetylenes is 1. The molecule has 1 aliphatic rings. The molecule has 13 heavy (non-hydrogen) atoms. The van der Waals surface area contributed by atoms with Crippen LogP contribution < -0.4 is 0 Å². The molecule has 0 bridgehead atoms. The number of likely N-dealkylation sites (tertiary alicyclic amines) is 1. The summed E-state index contributed by atoms with van der Waals surface area (Å²) in [4.78, 5) is 12.8. The van der Waals surface area contributed by atoms with Crippen molar-refractivity contribution in [3.8, 4) is 12.3 Å². The van der Waals surface area contributed by atoms with E-state index in [-0.39, 0.29) is 5.92 Å². The van der Waals surface area contributed by atoms with Crippen LogP contribution in [-0.4, -0.2) is 35.6 Å². The average molecular weight is 181 g/mol. The maximum absolute atomic E-state index is 10.8. The molecule has 1 N–H and O–H groups in total. The smallest absolute Gasteiger partial charge is 0.307 e. The highest BCUT2D eigenvalue weighted by Gasteiger charge is 2.28. The summed E-state index contributed by atoms with van der Waals surface area (Å²) in [5.74, 6) is 2.04. The van der Waals surface area contributed by atoms with Crippen molar-refractivity contribution >= 4 is 5.97 Å². The number of carbonyl (C=O) groups is 1. The van der Waals surface area contributed by atoms with Crippen LogP contribution in [0.4, 0.5) is 0 Å². The number of carboxylic acids is 1. The number of hydrogen-bond donors (Lipinski definition) is 1. The summed E-state index contributed by atoms with van der Waals surface area (Å²) < 4.78 is 0. The topological polar surface area (TPSA) is 40.5 Å². The van der Waals surface area contributed by atoms with Gasteiger partial charge in [-0.2, -0.15) is 0 Å². The zero-order valence-corrected chi connectivity index (χ0v) is 7.86. The van der Waals surface area contributed by atoms with E-state index in [0.29, 0.717) is 19.0 Å². The minimum absolute atomic E-state index is 0.239. The molecule has 0 aromatic carbocycles. The van der Waals surface area contributed by atoms with Gasteiger partial charge in [0.15, 0.2) is 0 Å². The lowest BCUT2D eigenvalue weighted by Gasteiger charge is -2.33. The summed E-state index contributed by atoms with van der Waals surface area (Å²) in [7, 11) is 0. The first-order valence-corrected chi connectivity index (χ1v) is 4.52. The van der Waals surface area contributed by atoms with E-state index in [0.717, 1.165) is 13.0 Å². The molecule has 0 aromatic rings. The van der Waals surface area contributed by atoms with Gasteiger partial charge in [0.2, 0.25) is 0 Å². The van der Waals surface area contributed by atoms with E-state index in [1.54, 1.807) is 0 Å². The van der Waals surface area contributed by atoms with Crippen LogP contribution in [0.2, 0.25) is 0 Å². The fraction of sp³-hybridized carbons (Fsp3) is 0.700. The highest BCUT2D eigenvalue weighted by Crippen LogP contribution is 2.21. The maximum Gasteiger partial charge on any atom is 0.307 e. The Morgan fingerprint density at radius 3 is 2.92 bits per heavy atom. The van der Waals surface area contributed by atoms with Gasteiger partial charge in [0.1, 0.15) is 0 Å². The van der Waals surface area contributed by atoms with E-state index in [2.05, 4.69) is 12.8 Å². The van der Waals surface area contributed by atoms with Crippen LogP contribution in [0.5, 0.6) is 0 Å². The second-order valence-electron chi connectivity index (χ2n) is 3.77. The normalized spacial score (nSPS) is 29.5. The van der Waals surface area contributed by atoms with Gasteiger partial charge < -0.3 is 5.11 Å². The summed E-state index contributed by atoms with van der Waals surface area (Å²) in [6.45, 7) is 4.16. The molecule has 0 spiro atoms. The molecule has 1 rings (SSSR count). The molecule has 1 saturated heterocycles. The zero-order chi connectivity index (χ0) is 9.84. The molecule has 72 valence electrons. The van der Waals surface area contributed by atoms with Crippen LogP contribution in [0.1, 0.15) is 13.3 Å². The third kappa shape index (κ3) is 2.74. The first-order valence-electron chi connectivity index (χ1n) is 4.52. The fourth-order valence-electron chi connectivity index (χ4n) is 1.90. The Bertz CT molecular complexity index is 232.